The summed E-state index contributed by atoms with van der Waals surface area (Å²) in [6.45, 7) is 4.68. The Morgan fingerprint density at radius 2 is 1.03 bits per heavy atom. The molecule has 0 bridgehead atoms. The zero-order valence-corrected chi connectivity index (χ0v) is 19.6. The maximum absolute atomic E-state index is 10.2. The van der Waals surface area contributed by atoms with Gasteiger partial charge in [-0.2, -0.15) is 0 Å². The molecule has 0 heterocycles. The van der Waals surface area contributed by atoms with Crippen LogP contribution in [0.25, 0.3) is 0 Å². The molecule has 0 amide bonds. The number of unbranched alkanes of at least 4 members (excludes halogenated alkanes) is 8. The number of carboxylic acid groups (broad SMARTS) is 1. The first-order valence-corrected chi connectivity index (χ1v) is 11.6. The van der Waals surface area contributed by atoms with Gasteiger partial charge in [0.25, 0.3) is 0 Å². The number of aliphatic carboxylic acids is 1. The predicted molar refractivity (Wildman–Crippen MR) is 122 cm³/mol. The molecular weight excluding hydrogens is 406 g/mol. The summed E-state index contributed by atoms with van der Waals surface area (Å²) in [5.74, 6) is -0.659. The Balaban J connectivity index is -0.000000404. The summed E-state index contributed by atoms with van der Waals surface area (Å²) in [4.78, 5) is 12.0. The molecule has 0 aliphatic rings. The predicted octanol–water partition coefficient (Wildman–Crippen LogP) is 1.24. The molecule has 0 saturated carbocycles. The summed E-state index contributed by atoms with van der Waals surface area (Å²) in [6.07, 6.45) is 11.5. The normalized spacial score (nSPS) is 10.3. The van der Waals surface area contributed by atoms with E-state index in [0.717, 1.165) is 12.8 Å². The molecule has 0 atom stereocenters. The smallest absolute Gasteiger partial charge is 0.303 e. The van der Waals surface area contributed by atoms with E-state index in [1.165, 1.54) is 44.9 Å². The monoisotopic (exact) mass is 455 g/mol. The van der Waals surface area contributed by atoms with Gasteiger partial charge < -0.3 is 35.4 Å². The van der Waals surface area contributed by atoms with Crippen LogP contribution < -0.4 is 0 Å². The lowest BCUT2D eigenvalue weighted by atomic mass is 10.1. The lowest BCUT2D eigenvalue weighted by Crippen LogP contribution is -2.32. The Morgan fingerprint density at radius 3 is 1.35 bits per heavy atom. The van der Waals surface area contributed by atoms with E-state index in [0.29, 0.717) is 39.3 Å². The van der Waals surface area contributed by atoms with E-state index in [2.05, 4.69) is 11.7 Å². The Labute approximate surface area is 188 Å². The fourth-order valence-electron chi connectivity index (χ4n) is 2.58. The molecule has 190 valence electrons. The maximum atomic E-state index is 10.2. The van der Waals surface area contributed by atoms with Gasteiger partial charge in [0.05, 0.1) is 46.2 Å². The molecule has 9 nitrogen and oxygen atoms in total. The average molecular weight is 456 g/mol. The van der Waals surface area contributed by atoms with Gasteiger partial charge in [0.2, 0.25) is 0 Å². The second-order valence-electron chi connectivity index (χ2n) is 7.04. The molecule has 0 rings (SSSR count). The van der Waals surface area contributed by atoms with Gasteiger partial charge in [-0.05, 0) is 6.42 Å². The number of carboxylic acids is 1. The third-order valence-electron chi connectivity index (χ3n) is 4.21. The third-order valence-corrected chi connectivity index (χ3v) is 4.21. The molecule has 0 aliphatic carbocycles. The van der Waals surface area contributed by atoms with Crippen molar-refractivity contribution in [3.63, 3.8) is 0 Å². The molecule has 0 radical (unpaired) electrons. The van der Waals surface area contributed by atoms with Gasteiger partial charge in [-0.3, -0.25) is 9.69 Å². The molecular formula is C22H49NO8. The minimum Gasteiger partial charge on any atom is -0.481 e. The van der Waals surface area contributed by atoms with Crippen LogP contribution >= 0.6 is 0 Å². The van der Waals surface area contributed by atoms with Crippen LogP contribution in [0.15, 0.2) is 0 Å². The Bertz CT molecular complexity index is 304. The number of nitrogens with zero attached hydrogens (tertiary/aromatic N) is 1. The zero-order valence-electron chi connectivity index (χ0n) is 19.6. The molecule has 0 aromatic carbocycles. The van der Waals surface area contributed by atoms with Gasteiger partial charge in [0.1, 0.15) is 0 Å². The van der Waals surface area contributed by atoms with Crippen LogP contribution in [-0.2, 0) is 9.53 Å². The Hall–Kier alpha value is -0.810. The van der Waals surface area contributed by atoms with Crippen molar-refractivity contribution in [1.82, 2.24) is 4.90 Å². The Kier molecular flexibility index (Phi) is 38.0. The van der Waals surface area contributed by atoms with Crippen molar-refractivity contribution in [3.8, 4) is 0 Å². The van der Waals surface area contributed by atoms with Crippen LogP contribution in [0.2, 0.25) is 0 Å². The highest BCUT2D eigenvalue weighted by Gasteiger charge is 2.00. The van der Waals surface area contributed by atoms with E-state index in [1.807, 2.05) is 0 Å². The van der Waals surface area contributed by atoms with E-state index in [4.69, 9.17) is 30.6 Å². The fraction of sp³-hybridized carbons (Fsp3) is 0.955. The average Bonchev–Trinajstić information content (AvgIpc) is 2.74. The van der Waals surface area contributed by atoms with Crippen molar-refractivity contribution in [2.45, 2.75) is 71.1 Å². The summed E-state index contributed by atoms with van der Waals surface area (Å²) in [5, 5.41) is 50.0. The second kappa shape index (κ2) is 33.8. The van der Waals surface area contributed by atoms with Gasteiger partial charge in [-0.1, -0.05) is 58.3 Å². The van der Waals surface area contributed by atoms with E-state index < -0.39 is 5.97 Å². The first-order chi connectivity index (χ1) is 15.0. The highest BCUT2D eigenvalue weighted by atomic mass is 16.5. The van der Waals surface area contributed by atoms with Gasteiger partial charge >= 0.3 is 5.97 Å². The first-order valence-electron chi connectivity index (χ1n) is 11.6. The van der Waals surface area contributed by atoms with Gasteiger partial charge in [0, 0.05) is 26.1 Å². The summed E-state index contributed by atoms with van der Waals surface area (Å²) in [7, 11) is 0. The van der Waals surface area contributed by atoms with Crippen molar-refractivity contribution >= 4 is 5.97 Å². The van der Waals surface area contributed by atoms with Gasteiger partial charge in [0.15, 0.2) is 0 Å². The quantitative estimate of drug-likeness (QED) is 0.149. The second-order valence-corrected chi connectivity index (χ2v) is 7.04. The van der Waals surface area contributed by atoms with Gasteiger partial charge in [-0.15, -0.1) is 0 Å². The molecule has 0 saturated heterocycles. The molecule has 0 unspecified atom stereocenters. The highest BCUT2D eigenvalue weighted by Crippen LogP contribution is 2.10. The number of hydrogen-bond acceptors (Lipinski definition) is 8. The fourth-order valence-corrected chi connectivity index (χ4v) is 2.58. The van der Waals surface area contributed by atoms with E-state index in [1.54, 1.807) is 4.90 Å². The summed E-state index contributed by atoms with van der Waals surface area (Å²) in [5.41, 5.74) is 0. The van der Waals surface area contributed by atoms with Crippen molar-refractivity contribution in [2.75, 3.05) is 65.9 Å². The Morgan fingerprint density at radius 1 is 0.645 bits per heavy atom. The highest BCUT2D eigenvalue weighted by molar-refractivity contribution is 5.66. The van der Waals surface area contributed by atoms with E-state index in [-0.39, 0.29) is 33.0 Å². The molecule has 31 heavy (non-hydrogen) atoms. The minimum atomic E-state index is -0.659. The van der Waals surface area contributed by atoms with Crippen molar-refractivity contribution in [2.24, 2.45) is 0 Å². The molecule has 9 heteroatoms. The number of aliphatic hydroxyl groups excluding tert-OH is 5. The molecule has 0 aromatic rings. The number of rotatable bonds is 20. The first kappa shape index (κ1) is 34.8. The maximum Gasteiger partial charge on any atom is 0.303 e. The molecule has 0 aliphatic heterocycles. The summed E-state index contributed by atoms with van der Waals surface area (Å²) < 4.78 is 4.63. The van der Waals surface area contributed by atoms with E-state index in [9.17, 15) is 4.79 Å². The van der Waals surface area contributed by atoms with Crippen molar-refractivity contribution in [3.05, 3.63) is 0 Å². The minimum absolute atomic E-state index is 0.0278. The van der Waals surface area contributed by atoms with Crippen LogP contribution in [0.3, 0.4) is 0 Å². The standard InChI is InChI=1S/C12H24O2.C6H15NO3.C4H10O3/c1-2-3-4-5-6-7-8-9-10-11-12(13)14;8-4-1-7(2-5-9)3-6-10;5-1-3-7-4-2-6/h2-11H2,1H3,(H,13,14);8-10H,1-6H2;5-6H,1-4H2. The van der Waals surface area contributed by atoms with Crippen LogP contribution in [0, 0.1) is 0 Å². The third kappa shape index (κ3) is 40.1. The number of hydrogen-bond donors (Lipinski definition) is 6. The topological polar surface area (TPSA) is 151 Å². The number of carbonyl (C=O) groups is 1. The molecule has 0 spiro atoms. The molecule has 6 N–H and O–H groups in total. The van der Waals surface area contributed by atoms with Crippen LogP contribution in [-0.4, -0.2) is 107 Å². The van der Waals surface area contributed by atoms with Crippen molar-refractivity contribution in [1.29, 1.82) is 0 Å². The van der Waals surface area contributed by atoms with Gasteiger partial charge in [-0.25, -0.2) is 0 Å². The summed E-state index contributed by atoms with van der Waals surface area (Å²) >= 11 is 0. The van der Waals surface area contributed by atoms with Crippen LogP contribution in [0.5, 0.6) is 0 Å². The number of aliphatic hydroxyl groups is 5. The number of ether oxygens (including phenoxy) is 1. The van der Waals surface area contributed by atoms with Crippen LogP contribution in [0.1, 0.15) is 71.1 Å². The lowest BCUT2D eigenvalue weighted by molar-refractivity contribution is -0.137. The molecule has 0 aromatic heterocycles. The SMILES string of the molecule is CCCCCCCCCCCC(=O)O.OCCN(CCO)CCO.OCCOCCO. The summed E-state index contributed by atoms with van der Waals surface area (Å²) in [6, 6.07) is 0. The molecule has 0 fully saturated rings. The lowest BCUT2D eigenvalue weighted by Gasteiger charge is -2.17. The largest absolute Gasteiger partial charge is 0.481 e. The zero-order chi connectivity index (χ0) is 24.0. The van der Waals surface area contributed by atoms with E-state index >= 15 is 0 Å². The van der Waals surface area contributed by atoms with Crippen molar-refractivity contribution < 1.29 is 40.2 Å². The van der Waals surface area contributed by atoms with Crippen LogP contribution in [0.4, 0.5) is 0 Å².